The highest BCUT2D eigenvalue weighted by atomic mass is 32.1. The molecule has 1 heterocycles. The van der Waals surface area contributed by atoms with Gasteiger partial charge in [-0.1, -0.05) is 18.2 Å². The molecule has 0 aliphatic carbocycles. The van der Waals surface area contributed by atoms with Gasteiger partial charge in [0.2, 0.25) is 0 Å². The fourth-order valence-corrected chi connectivity index (χ4v) is 2.53. The van der Waals surface area contributed by atoms with E-state index in [0.717, 1.165) is 10.9 Å². The highest BCUT2D eigenvalue weighted by molar-refractivity contribution is 7.10. The monoisotopic (exact) mass is 342 g/mol. The van der Waals surface area contributed by atoms with Gasteiger partial charge in [-0.3, -0.25) is 5.43 Å². The molecule has 2 amide bonds. The Balaban J connectivity index is 2.56. The van der Waals surface area contributed by atoms with Crippen molar-refractivity contribution in [1.29, 1.82) is 0 Å². The minimum Gasteiger partial charge on any atom is -0.274 e. The molecule has 1 aromatic heterocycles. The van der Waals surface area contributed by atoms with E-state index < -0.39 is 17.8 Å². The van der Waals surface area contributed by atoms with Crippen LogP contribution in [-0.2, 0) is 6.18 Å². The van der Waals surface area contributed by atoms with E-state index >= 15 is 0 Å². The molecule has 9 heteroatoms. The van der Waals surface area contributed by atoms with E-state index in [1.165, 1.54) is 35.6 Å². The lowest BCUT2D eigenvalue weighted by Gasteiger charge is -2.21. The number of hydrogen-bond acceptors (Lipinski definition) is 4. The van der Waals surface area contributed by atoms with Crippen LogP contribution >= 0.6 is 11.3 Å². The summed E-state index contributed by atoms with van der Waals surface area (Å²) in [6, 6.07) is 5.99. The van der Waals surface area contributed by atoms with E-state index in [0.29, 0.717) is 5.01 Å². The summed E-state index contributed by atoms with van der Waals surface area (Å²) in [5.41, 5.74) is 0.539. The van der Waals surface area contributed by atoms with E-state index in [-0.39, 0.29) is 11.3 Å². The zero-order valence-electron chi connectivity index (χ0n) is 11.7. The number of nitrogens with zero attached hydrogens (tertiary/aromatic N) is 1. The van der Waals surface area contributed by atoms with E-state index in [4.69, 9.17) is 11.7 Å². The molecule has 2 aromatic rings. The standard InChI is InChI=1S/C14H13F3N4OS/c15-14(16,17)11-4-1-5-12(21(19)13(22)20-18)10(11)7-6-9-3-2-8-23-9/h1-8H,18-19H2,(H,20,22)/b7-6+. The third kappa shape index (κ3) is 3.89. The molecule has 2 rings (SSSR count). The number of hydrazine groups is 2. The lowest BCUT2D eigenvalue weighted by atomic mass is 10.0. The zero-order valence-corrected chi connectivity index (χ0v) is 12.5. The minimum atomic E-state index is -4.59. The second-order valence-electron chi connectivity index (χ2n) is 4.40. The van der Waals surface area contributed by atoms with Crippen LogP contribution in [0.25, 0.3) is 12.2 Å². The molecule has 0 fully saturated rings. The lowest BCUT2D eigenvalue weighted by molar-refractivity contribution is -0.137. The van der Waals surface area contributed by atoms with Crippen molar-refractivity contribution >= 4 is 35.2 Å². The number of nitrogens with two attached hydrogens (primary N) is 2. The number of nitrogens with one attached hydrogen (secondary N) is 1. The van der Waals surface area contributed by atoms with E-state index in [2.05, 4.69) is 0 Å². The molecule has 0 bridgehead atoms. The summed E-state index contributed by atoms with van der Waals surface area (Å²) in [7, 11) is 0. The molecule has 0 aliphatic rings. The Labute approximate surface area is 133 Å². The van der Waals surface area contributed by atoms with Gasteiger partial charge in [0.25, 0.3) is 0 Å². The molecule has 5 nitrogen and oxygen atoms in total. The number of rotatable bonds is 3. The predicted molar refractivity (Wildman–Crippen MR) is 84.1 cm³/mol. The number of anilines is 1. The molecule has 0 saturated carbocycles. The van der Waals surface area contributed by atoms with Gasteiger partial charge in [-0.25, -0.2) is 21.5 Å². The van der Waals surface area contributed by atoms with Gasteiger partial charge in [0, 0.05) is 10.4 Å². The van der Waals surface area contributed by atoms with Crippen molar-refractivity contribution in [3.63, 3.8) is 0 Å². The molecule has 0 radical (unpaired) electrons. The van der Waals surface area contributed by atoms with Crippen LogP contribution in [-0.4, -0.2) is 6.03 Å². The van der Waals surface area contributed by atoms with E-state index in [1.807, 2.05) is 0 Å². The van der Waals surface area contributed by atoms with Crippen LogP contribution in [0.5, 0.6) is 0 Å². The van der Waals surface area contributed by atoms with Gasteiger partial charge in [0.15, 0.2) is 0 Å². The fourth-order valence-electron chi connectivity index (χ4n) is 1.92. The molecule has 0 saturated heterocycles. The van der Waals surface area contributed by atoms with Crippen molar-refractivity contribution in [1.82, 2.24) is 5.43 Å². The number of halogens is 3. The average molecular weight is 342 g/mol. The van der Waals surface area contributed by atoms with Gasteiger partial charge in [0.05, 0.1) is 11.3 Å². The van der Waals surface area contributed by atoms with Crippen molar-refractivity contribution in [3.8, 4) is 0 Å². The maximum Gasteiger partial charge on any atom is 0.417 e. The number of benzene rings is 1. The van der Waals surface area contributed by atoms with Crippen molar-refractivity contribution in [2.24, 2.45) is 11.7 Å². The number of alkyl halides is 3. The molecule has 5 N–H and O–H groups in total. The summed E-state index contributed by atoms with van der Waals surface area (Å²) in [4.78, 5) is 12.3. The maximum atomic E-state index is 13.2. The summed E-state index contributed by atoms with van der Waals surface area (Å²) in [5, 5.41) is 2.33. The first-order chi connectivity index (χ1) is 10.8. The zero-order chi connectivity index (χ0) is 17.0. The van der Waals surface area contributed by atoms with Crippen LogP contribution < -0.4 is 22.1 Å². The van der Waals surface area contributed by atoms with Gasteiger partial charge >= 0.3 is 12.2 Å². The van der Waals surface area contributed by atoms with Gasteiger partial charge in [-0.15, -0.1) is 11.3 Å². The predicted octanol–water partition coefficient (Wildman–Crippen LogP) is 3.20. The molecule has 1 aromatic carbocycles. The first-order valence-electron chi connectivity index (χ1n) is 6.32. The maximum absolute atomic E-state index is 13.2. The van der Waals surface area contributed by atoms with Crippen LogP contribution in [0, 0.1) is 0 Å². The van der Waals surface area contributed by atoms with Crippen LogP contribution in [0.4, 0.5) is 23.7 Å². The summed E-state index contributed by atoms with van der Waals surface area (Å²) in [6.45, 7) is 0. The number of thiophene rings is 1. The van der Waals surface area contributed by atoms with Gasteiger partial charge in [-0.05, 0) is 29.7 Å². The largest absolute Gasteiger partial charge is 0.417 e. The highest BCUT2D eigenvalue weighted by Gasteiger charge is 2.34. The van der Waals surface area contributed by atoms with Crippen LogP contribution in [0.1, 0.15) is 16.0 Å². The van der Waals surface area contributed by atoms with Crippen molar-refractivity contribution in [2.45, 2.75) is 6.18 Å². The Kier molecular flexibility index (Phi) is 5.04. The van der Waals surface area contributed by atoms with E-state index in [1.54, 1.807) is 22.9 Å². The number of hydrogen-bond donors (Lipinski definition) is 3. The van der Waals surface area contributed by atoms with Crippen LogP contribution in [0.3, 0.4) is 0 Å². The Bertz CT molecular complexity index is 713. The fraction of sp³-hybridized carbons (Fsp3) is 0.0714. The van der Waals surface area contributed by atoms with Crippen molar-refractivity contribution in [3.05, 3.63) is 51.7 Å². The molecular formula is C14H13F3N4OS. The molecule has 23 heavy (non-hydrogen) atoms. The second kappa shape index (κ2) is 6.82. The summed E-state index contributed by atoms with van der Waals surface area (Å²) >= 11 is 1.37. The summed E-state index contributed by atoms with van der Waals surface area (Å²) < 4.78 is 39.7. The molecule has 0 aliphatic heterocycles. The number of urea groups is 1. The van der Waals surface area contributed by atoms with Crippen LogP contribution in [0.2, 0.25) is 0 Å². The molecule has 0 unspecified atom stereocenters. The molecule has 0 atom stereocenters. The third-order valence-corrected chi connectivity index (χ3v) is 3.79. The Morgan fingerprint density at radius 3 is 2.52 bits per heavy atom. The quantitative estimate of drug-likeness (QED) is 0.455. The first-order valence-corrected chi connectivity index (χ1v) is 7.19. The first kappa shape index (κ1) is 17.0. The minimum absolute atomic E-state index is 0.115. The topological polar surface area (TPSA) is 84.4 Å². The van der Waals surface area contributed by atoms with Gasteiger partial charge in [-0.2, -0.15) is 13.2 Å². The molecule has 122 valence electrons. The van der Waals surface area contributed by atoms with Gasteiger partial charge < -0.3 is 0 Å². The SMILES string of the molecule is NNC(=O)N(N)c1cccc(C(F)(F)F)c1/C=C/c1cccs1. The summed E-state index contributed by atoms with van der Waals surface area (Å²) in [6.07, 6.45) is -1.80. The smallest absolute Gasteiger partial charge is 0.274 e. The van der Waals surface area contributed by atoms with E-state index in [9.17, 15) is 18.0 Å². The average Bonchev–Trinajstić information content (AvgIpc) is 3.03. The highest BCUT2D eigenvalue weighted by Crippen LogP contribution is 2.37. The summed E-state index contributed by atoms with van der Waals surface area (Å²) in [5.74, 6) is 10.5. The molecular weight excluding hydrogens is 329 g/mol. The third-order valence-electron chi connectivity index (χ3n) is 2.95. The van der Waals surface area contributed by atoms with Crippen molar-refractivity contribution in [2.75, 3.05) is 5.01 Å². The van der Waals surface area contributed by atoms with Crippen molar-refractivity contribution < 1.29 is 18.0 Å². The normalized spacial score (nSPS) is 11.7. The Morgan fingerprint density at radius 2 is 1.96 bits per heavy atom. The van der Waals surface area contributed by atoms with Gasteiger partial charge in [0.1, 0.15) is 0 Å². The Morgan fingerprint density at radius 1 is 1.22 bits per heavy atom. The number of carbonyl (C=O) groups is 1. The number of amides is 2. The number of carbonyl (C=O) groups excluding carboxylic acids is 1. The second-order valence-corrected chi connectivity index (χ2v) is 5.38. The Hall–Kier alpha value is -2.36. The van der Waals surface area contributed by atoms with Crippen LogP contribution in [0.15, 0.2) is 35.7 Å². The molecule has 0 spiro atoms. The lowest BCUT2D eigenvalue weighted by Crippen LogP contribution is -2.48.